The van der Waals surface area contributed by atoms with Crippen molar-refractivity contribution in [3.63, 3.8) is 0 Å². The Morgan fingerprint density at radius 3 is 1.54 bits per heavy atom. The van der Waals surface area contributed by atoms with Gasteiger partial charge in [0, 0.05) is 6.54 Å². The first kappa shape index (κ1) is 23.9. The van der Waals surface area contributed by atoms with Crippen LogP contribution in [-0.2, 0) is 14.3 Å². The minimum Gasteiger partial charge on any atom is -0.308 e. The van der Waals surface area contributed by atoms with Gasteiger partial charge in [-0.25, -0.2) is 0 Å². The number of hydrogen-bond acceptors (Lipinski definition) is 4. The maximum atomic E-state index is 11.6. The molecule has 0 radical (unpaired) electrons. The first-order chi connectivity index (χ1) is 11.5. The van der Waals surface area contributed by atoms with Gasteiger partial charge in [0.15, 0.2) is 0 Å². The van der Waals surface area contributed by atoms with Crippen LogP contribution in [-0.4, -0.2) is 46.3 Å². The van der Waals surface area contributed by atoms with Crippen molar-refractivity contribution in [2.75, 3.05) is 33.0 Å². The Labute approximate surface area is 151 Å². The van der Waals surface area contributed by atoms with Gasteiger partial charge < -0.3 is 4.90 Å². The van der Waals surface area contributed by atoms with E-state index in [4.69, 9.17) is 4.18 Å². The molecule has 0 unspecified atom stereocenters. The van der Waals surface area contributed by atoms with Crippen molar-refractivity contribution >= 4 is 10.1 Å². The van der Waals surface area contributed by atoms with Crippen molar-refractivity contribution in [3.05, 3.63) is 0 Å². The molecule has 0 aliphatic heterocycles. The fraction of sp³-hybridized carbons (Fsp3) is 1.00. The number of hydrogen-bond donors (Lipinski definition) is 0. The summed E-state index contributed by atoms with van der Waals surface area (Å²) in [7, 11) is 0.392. The molecular weight excluding hydrogens is 322 g/mol. The zero-order chi connectivity index (χ0) is 18.1. The summed E-state index contributed by atoms with van der Waals surface area (Å²) >= 11 is 0. The quantitative estimate of drug-likeness (QED) is 0.254. The van der Waals surface area contributed by atoms with Crippen LogP contribution in [0.15, 0.2) is 0 Å². The van der Waals surface area contributed by atoms with Crippen LogP contribution >= 0.6 is 0 Å². The summed E-state index contributed by atoms with van der Waals surface area (Å²) in [6.45, 7) is 3.12. The van der Waals surface area contributed by atoms with E-state index in [1.54, 1.807) is 0 Å². The molecule has 0 aromatic carbocycles. The van der Waals surface area contributed by atoms with Gasteiger partial charge in [-0.05, 0) is 20.5 Å². The first-order valence-corrected chi connectivity index (χ1v) is 11.6. The Balaban J connectivity index is 3.25. The van der Waals surface area contributed by atoms with Crippen LogP contribution in [0.2, 0.25) is 0 Å². The summed E-state index contributed by atoms with van der Waals surface area (Å²) < 4.78 is 28.2. The normalized spacial score (nSPS) is 12.2. The van der Waals surface area contributed by atoms with Crippen molar-refractivity contribution in [1.29, 1.82) is 0 Å². The van der Waals surface area contributed by atoms with Gasteiger partial charge in [-0.2, -0.15) is 8.42 Å². The molecule has 0 atom stereocenters. The van der Waals surface area contributed by atoms with E-state index >= 15 is 0 Å². The predicted octanol–water partition coefficient (Wildman–Crippen LogP) is 4.99. The molecule has 0 spiro atoms. The van der Waals surface area contributed by atoms with E-state index in [0.717, 1.165) is 12.8 Å². The van der Waals surface area contributed by atoms with E-state index in [2.05, 4.69) is 6.92 Å². The summed E-state index contributed by atoms with van der Waals surface area (Å²) in [6, 6.07) is 0. The Morgan fingerprint density at radius 2 is 1.12 bits per heavy atom. The highest BCUT2D eigenvalue weighted by atomic mass is 32.2. The highest BCUT2D eigenvalue weighted by Crippen LogP contribution is 2.12. The molecule has 5 heteroatoms. The van der Waals surface area contributed by atoms with Gasteiger partial charge in [0.1, 0.15) is 0 Å². The van der Waals surface area contributed by atoms with Gasteiger partial charge in [-0.3, -0.25) is 4.18 Å². The molecule has 0 aliphatic rings. The molecule has 146 valence electrons. The van der Waals surface area contributed by atoms with Crippen molar-refractivity contribution in [2.45, 2.75) is 90.4 Å². The second kappa shape index (κ2) is 16.3. The van der Waals surface area contributed by atoms with Gasteiger partial charge >= 0.3 is 0 Å². The van der Waals surface area contributed by atoms with E-state index in [1.807, 2.05) is 19.0 Å². The smallest absolute Gasteiger partial charge is 0.268 e. The lowest BCUT2D eigenvalue weighted by Gasteiger charge is -2.10. The van der Waals surface area contributed by atoms with Crippen LogP contribution < -0.4 is 0 Å². The fourth-order valence-electron chi connectivity index (χ4n) is 2.66. The number of rotatable bonds is 18. The second-order valence-corrected chi connectivity index (χ2v) is 8.89. The third-order valence-electron chi connectivity index (χ3n) is 4.30. The molecule has 0 aliphatic carbocycles. The lowest BCUT2D eigenvalue weighted by Crippen LogP contribution is -2.23. The minimum atomic E-state index is -3.33. The molecule has 4 nitrogen and oxygen atoms in total. The molecule has 0 saturated heterocycles. The van der Waals surface area contributed by atoms with Gasteiger partial charge in [-0.1, -0.05) is 84.0 Å². The SMILES string of the molecule is CCCCCCCCCCCCCCCOS(=O)(=O)CCN(C)C. The summed E-state index contributed by atoms with van der Waals surface area (Å²) in [5.41, 5.74) is 0. The Hall–Kier alpha value is -0.130. The van der Waals surface area contributed by atoms with E-state index in [9.17, 15) is 8.42 Å². The molecule has 0 bridgehead atoms. The predicted molar refractivity (Wildman–Crippen MR) is 104 cm³/mol. The maximum absolute atomic E-state index is 11.6. The van der Waals surface area contributed by atoms with Gasteiger partial charge in [-0.15, -0.1) is 0 Å². The summed E-state index contributed by atoms with van der Waals surface area (Å²) in [5, 5.41) is 0. The largest absolute Gasteiger partial charge is 0.308 e. The third-order valence-corrected chi connectivity index (χ3v) is 5.51. The average Bonchev–Trinajstić information content (AvgIpc) is 2.53. The molecule has 24 heavy (non-hydrogen) atoms. The molecule has 0 rings (SSSR count). The third kappa shape index (κ3) is 18.2. The van der Waals surface area contributed by atoms with Crippen LogP contribution in [0.25, 0.3) is 0 Å². The molecular formula is C19H41NO3S. The van der Waals surface area contributed by atoms with Crippen molar-refractivity contribution in [1.82, 2.24) is 4.90 Å². The molecule has 0 aromatic rings. The van der Waals surface area contributed by atoms with Gasteiger partial charge in [0.2, 0.25) is 0 Å². The van der Waals surface area contributed by atoms with E-state index in [0.29, 0.717) is 13.2 Å². The summed E-state index contributed by atoms with van der Waals surface area (Å²) in [4.78, 5) is 1.85. The Morgan fingerprint density at radius 1 is 0.708 bits per heavy atom. The number of unbranched alkanes of at least 4 members (excludes halogenated alkanes) is 12. The number of nitrogens with zero attached hydrogens (tertiary/aromatic N) is 1. The van der Waals surface area contributed by atoms with Gasteiger partial charge in [0.25, 0.3) is 10.1 Å². The molecule has 0 aromatic heterocycles. The average molecular weight is 364 g/mol. The molecule has 0 saturated carbocycles. The van der Waals surface area contributed by atoms with E-state index in [-0.39, 0.29) is 5.75 Å². The monoisotopic (exact) mass is 363 g/mol. The van der Waals surface area contributed by atoms with Crippen molar-refractivity contribution < 1.29 is 12.6 Å². The lowest BCUT2D eigenvalue weighted by atomic mass is 10.0. The maximum Gasteiger partial charge on any atom is 0.268 e. The Bertz CT molecular complexity index is 356. The van der Waals surface area contributed by atoms with Gasteiger partial charge in [0.05, 0.1) is 12.4 Å². The highest BCUT2D eigenvalue weighted by Gasteiger charge is 2.10. The highest BCUT2D eigenvalue weighted by molar-refractivity contribution is 7.86. The van der Waals surface area contributed by atoms with Crippen LogP contribution in [0, 0.1) is 0 Å². The lowest BCUT2D eigenvalue weighted by molar-refractivity contribution is 0.302. The van der Waals surface area contributed by atoms with Crippen molar-refractivity contribution in [3.8, 4) is 0 Å². The molecule has 0 fully saturated rings. The van der Waals surface area contributed by atoms with E-state index in [1.165, 1.54) is 70.6 Å². The molecule has 0 N–H and O–H groups in total. The zero-order valence-electron chi connectivity index (χ0n) is 16.4. The summed E-state index contributed by atoms with van der Waals surface area (Å²) in [5.74, 6) is 0.0818. The van der Waals surface area contributed by atoms with Crippen LogP contribution in [0.3, 0.4) is 0 Å². The topological polar surface area (TPSA) is 46.6 Å². The zero-order valence-corrected chi connectivity index (χ0v) is 17.2. The minimum absolute atomic E-state index is 0.0818. The Kier molecular flexibility index (Phi) is 16.3. The van der Waals surface area contributed by atoms with Crippen LogP contribution in [0.4, 0.5) is 0 Å². The second-order valence-electron chi connectivity index (χ2n) is 7.13. The molecule has 0 heterocycles. The first-order valence-electron chi connectivity index (χ1n) is 10.00. The van der Waals surface area contributed by atoms with Crippen LogP contribution in [0.1, 0.15) is 90.4 Å². The standard InChI is InChI=1S/C19H41NO3S/c1-4-5-6-7-8-9-10-11-12-13-14-15-16-18-23-24(21,22)19-17-20(2)3/h4-19H2,1-3H3. The van der Waals surface area contributed by atoms with E-state index < -0.39 is 10.1 Å². The summed E-state index contributed by atoms with van der Waals surface area (Å²) in [6.07, 6.45) is 16.7. The molecule has 0 amide bonds. The van der Waals surface area contributed by atoms with Crippen molar-refractivity contribution in [2.24, 2.45) is 0 Å². The fourth-order valence-corrected chi connectivity index (χ4v) is 3.74. The van der Waals surface area contributed by atoms with Crippen LogP contribution in [0.5, 0.6) is 0 Å².